The summed E-state index contributed by atoms with van der Waals surface area (Å²) in [4.78, 5) is 15.5. The van der Waals surface area contributed by atoms with E-state index in [0.717, 1.165) is 4.88 Å². The molecule has 130 valence electrons. The van der Waals surface area contributed by atoms with E-state index in [0.29, 0.717) is 41.7 Å². The Balaban J connectivity index is 1.76. The van der Waals surface area contributed by atoms with Crippen molar-refractivity contribution in [2.24, 2.45) is 0 Å². The molecule has 0 unspecified atom stereocenters. The fourth-order valence-corrected chi connectivity index (χ4v) is 3.14. The molecule has 0 atom stereocenters. The maximum Gasteiger partial charge on any atom is 0.254 e. The number of hydrogen-bond donors (Lipinski definition) is 0. The zero-order chi connectivity index (χ0) is 17.6. The standard InChI is InChI=1S/C18H17ClN2O3S/c1-23-9-8-21(18(22)13-4-6-14(19)7-5-13)12-15-11-16(24-20-15)17-3-2-10-25-17/h2-7,10-11H,8-9,12H2,1H3. The van der Waals surface area contributed by atoms with Crippen LogP contribution in [0.2, 0.25) is 5.02 Å². The van der Waals surface area contributed by atoms with Gasteiger partial charge in [0, 0.05) is 30.3 Å². The number of nitrogens with zero attached hydrogens (tertiary/aromatic N) is 2. The Morgan fingerprint density at radius 2 is 2.12 bits per heavy atom. The van der Waals surface area contributed by atoms with Crippen molar-refractivity contribution in [3.05, 3.63) is 64.1 Å². The first kappa shape index (κ1) is 17.7. The van der Waals surface area contributed by atoms with Crippen molar-refractivity contribution in [1.29, 1.82) is 0 Å². The number of halogens is 1. The molecule has 3 rings (SSSR count). The van der Waals surface area contributed by atoms with E-state index in [9.17, 15) is 4.79 Å². The van der Waals surface area contributed by atoms with E-state index >= 15 is 0 Å². The van der Waals surface area contributed by atoms with E-state index in [1.54, 1.807) is 47.6 Å². The van der Waals surface area contributed by atoms with Crippen LogP contribution in [0, 0.1) is 0 Å². The van der Waals surface area contributed by atoms with Crippen LogP contribution in [0.25, 0.3) is 10.6 Å². The number of carbonyl (C=O) groups is 1. The van der Waals surface area contributed by atoms with Crippen LogP contribution in [0.5, 0.6) is 0 Å². The smallest absolute Gasteiger partial charge is 0.254 e. The van der Waals surface area contributed by atoms with Gasteiger partial charge in [0.25, 0.3) is 5.91 Å². The largest absolute Gasteiger partial charge is 0.383 e. The minimum atomic E-state index is -0.102. The summed E-state index contributed by atoms with van der Waals surface area (Å²) in [5, 5.41) is 6.66. The van der Waals surface area contributed by atoms with E-state index in [2.05, 4.69) is 5.16 Å². The van der Waals surface area contributed by atoms with Gasteiger partial charge in [0.2, 0.25) is 0 Å². The quantitative estimate of drug-likeness (QED) is 0.615. The highest BCUT2D eigenvalue weighted by atomic mass is 35.5. The van der Waals surface area contributed by atoms with Gasteiger partial charge in [0.1, 0.15) is 5.69 Å². The van der Waals surface area contributed by atoms with E-state index in [1.807, 2.05) is 23.6 Å². The van der Waals surface area contributed by atoms with Crippen molar-refractivity contribution in [2.45, 2.75) is 6.54 Å². The molecule has 0 saturated heterocycles. The molecule has 0 spiro atoms. The summed E-state index contributed by atoms with van der Waals surface area (Å²) in [6.45, 7) is 1.24. The lowest BCUT2D eigenvalue weighted by molar-refractivity contribution is 0.0676. The van der Waals surface area contributed by atoms with Crippen molar-refractivity contribution < 1.29 is 14.1 Å². The van der Waals surface area contributed by atoms with Crippen LogP contribution in [-0.2, 0) is 11.3 Å². The summed E-state index contributed by atoms with van der Waals surface area (Å²) in [5.74, 6) is 0.602. The highest BCUT2D eigenvalue weighted by Crippen LogP contribution is 2.25. The Bertz CT molecular complexity index is 815. The number of amides is 1. The first-order chi connectivity index (χ1) is 12.2. The van der Waals surface area contributed by atoms with Gasteiger partial charge < -0.3 is 14.2 Å². The second-order valence-electron chi connectivity index (χ2n) is 5.39. The molecule has 0 aliphatic rings. The fraction of sp³-hybridized carbons (Fsp3) is 0.222. The molecule has 2 aromatic heterocycles. The molecule has 0 aliphatic carbocycles. The van der Waals surface area contributed by atoms with Crippen molar-refractivity contribution in [2.75, 3.05) is 20.3 Å². The monoisotopic (exact) mass is 376 g/mol. The van der Waals surface area contributed by atoms with Crippen molar-refractivity contribution in [3.8, 4) is 10.6 Å². The Morgan fingerprint density at radius 1 is 1.32 bits per heavy atom. The first-order valence-electron chi connectivity index (χ1n) is 7.70. The summed E-state index contributed by atoms with van der Waals surface area (Å²) in [6.07, 6.45) is 0. The van der Waals surface area contributed by atoms with E-state index in [1.165, 1.54) is 0 Å². The molecule has 0 N–H and O–H groups in total. The molecule has 5 nitrogen and oxygen atoms in total. The third-order valence-corrected chi connectivity index (χ3v) is 4.76. The molecule has 0 saturated carbocycles. The highest BCUT2D eigenvalue weighted by Gasteiger charge is 2.18. The van der Waals surface area contributed by atoms with Crippen LogP contribution in [0.3, 0.4) is 0 Å². The van der Waals surface area contributed by atoms with Crippen molar-refractivity contribution in [1.82, 2.24) is 10.1 Å². The summed E-state index contributed by atoms with van der Waals surface area (Å²) in [6, 6.07) is 12.6. The van der Waals surface area contributed by atoms with Gasteiger partial charge in [-0.05, 0) is 35.7 Å². The molecule has 2 heterocycles. The second kappa shape index (κ2) is 8.29. The number of ether oxygens (including phenoxy) is 1. The Kier molecular flexibility index (Phi) is 5.86. The van der Waals surface area contributed by atoms with Crippen LogP contribution >= 0.6 is 22.9 Å². The predicted molar refractivity (Wildman–Crippen MR) is 97.9 cm³/mol. The lowest BCUT2D eigenvalue weighted by atomic mass is 10.2. The predicted octanol–water partition coefficient (Wildman–Crippen LogP) is 4.35. The zero-order valence-electron chi connectivity index (χ0n) is 13.6. The third-order valence-electron chi connectivity index (χ3n) is 3.62. The summed E-state index contributed by atoms with van der Waals surface area (Å²) in [7, 11) is 1.61. The lowest BCUT2D eigenvalue weighted by Gasteiger charge is -2.21. The van der Waals surface area contributed by atoms with Crippen LogP contribution < -0.4 is 0 Å². The molecular formula is C18H17ClN2O3S. The SMILES string of the molecule is COCCN(Cc1cc(-c2cccs2)on1)C(=O)c1ccc(Cl)cc1. The van der Waals surface area contributed by atoms with Gasteiger partial charge in [-0.2, -0.15) is 0 Å². The Hall–Kier alpha value is -2.15. The molecule has 25 heavy (non-hydrogen) atoms. The summed E-state index contributed by atoms with van der Waals surface area (Å²) >= 11 is 7.47. The Labute approximate surface area is 154 Å². The number of thiophene rings is 1. The fourth-order valence-electron chi connectivity index (χ4n) is 2.35. The van der Waals surface area contributed by atoms with Crippen LogP contribution in [0.15, 0.2) is 52.4 Å². The zero-order valence-corrected chi connectivity index (χ0v) is 15.2. The lowest BCUT2D eigenvalue weighted by Crippen LogP contribution is -2.33. The van der Waals surface area contributed by atoms with Gasteiger partial charge in [-0.1, -0.05) is 22.8 Å². The highest BCUT2D eigenvalue weighted by molar-refractivity contribution is 7.13. The van der Waals surface area contributed by atoms with Gasteiger partial charge in [-0.3, -0.25) is 4.79 Å². The molecule has 0 radical (unpaired) electrons. The molecule has 0 fully saturated rings. The minimum Gasteiger partial charge on any atom is -0.383 e. The third kappa shape index (κ3) is 4.48. The maximum absolute atomic E-state index is 12.8. The average molecular weight is 377 g/mol. The number of benzene rings is 1. The molecule has 3 aromatic rings. The van der Waals surface area contributed by atoms with Gasteiger partial charge in [-0.15, -0.1) is 11.3 Å². The second-order valence-corrected chi connectivity index (χ2v) is 6.77. The van der Waals surface area contributed by atoms with Gasteiger partial charge in [-0.25, -0.2) is 0 Å². The molecular weight excluding hydrogens is 360 g/mol. The van der Waals surface area contributed by atoms with E-state index in [4.69, 9.17) is 20.9 Å². The van der Waals surface area contributed by atoms with Gasteiger partial charge >= 0.3 is 0 Å². The van der Waals surface area contributed by atoms with E-state index < -0.39 is 0 Å². The van der Waals surface area contributed by atoms with Gasteiger partial charge in [0.15, 0.2) is 5.76 Å². The number of hydrogen-bond acceptors (Lipinski definition) is 5. The van der Waals surface area contributed by atoms with Crippen molar-refractivity contribution >= 4 is 28.8 Å². The van der Waals surface area contributed by atoms with Crippen LogP contribution in [0.4, 0.5) is 0 Å². The summed E-state index contributed by atoms with van der Waals surface area (Å²) in [5.41, 5.74) is 1.27. The maximum atomic E-state index is 12.8. The number of carbonyl (C=O) groups excluding carboxylic acids is 1. The number of rotatable bonds is 7. The minimum absolute atomic E-state index is 0.102. The average Bonchev–Trinajstić information content (AvgIpc) is 3.30. The molecule has 0 aliphatic heterocycles. The van der Waals surface area contributed by atoms with Crippen molar-refractivity contribution in [3.63, 3.8) is 0 Å². The molecule has 1 aromatic carbocycles. The molecule has 0 bridgehead atoms. The Morgan fingerprint density at radius 3 is 2.80 bits per heavy atom. The number of methoxy groups -OCH3 is 1. The summed E-state index contributed by atoms with van der Waals surface area (Å²) < 4.78 is 10.5. The molecule has 7 heteroatoms. The first-order valence-corrected chi connectivity index (χ1v) is 8.96. The number of aromatic nitrogens is 1. The normalized spacial score (nSPS) is 10.8. The topological polar surface area (TPSA) is 55.6 Å². The van der Waals surface area contributed by atoms with Crippen LogP contribution in [0.1, 0.15) is 16.1 Å². The van der Waals surface area contributed by atoms with Gasteiger partial charge in [0.05, 0.1) is 18.0 Å². The molecule has 1 amide bonds. The van der Waals surface area contributed by atoms with Crippen LogP contribution in [-0.4, -0.2) is 36.2 Å². The van der Waals surface area contributed by atoms with E-state index in [-0.39, 0.29) is 5.91 Å².